The fourth-order valence-electron chi connectivity index (χ4n) is 11.2. The van der Waals surface area contributed by atoms with Crippen molar-refractivity contribution in [3.63, 3.8) is 0 Å². The van der Waals surface area contributed by atoms with Crippen molar-refractivity contribution in [1.82, 2.24) is 45.5 Å². The molecule has 5 amide bonds. The van der Waals surface area contributed by atoms with Gasteiger partial charge in [-0.2, -0.15) is 0 Å². The van der Waals surface area contributed by atoms with E-state index in [0.717, 1.165) is 0 Å². The van der Waals surface area contributed by atoms with Crippen molar-refractivity contribution in [2.24, 2.45) is 0 Å². The summed E-state index contributed by atoms with van der Waals surface area (Å²) < 4.78 is 67.4. The van der Waals surface area contributed by atoms with E-state index in [1.807, 2.05) is 83.1 Å². The average Bonchev–Trinajstić information content (AvgIpc) is 0.750. The molecule has 520 valence electrons. The second-order valence-electron chi connectivity index (χ2n) is 26.5. The normalized spacial score (nSPS) is 15.3. The molecule has 0 aromatic carbocycles. The molecule has 1 aliphatic rings. The summed E-state index contributed by atoms with van der Waals surface area (Å²) in [5, 5.41) is 40.0. The minimum atomic E-state index is -3.74. The number of nitrogens with one attached hydrogen (secondary N) is 5. The van der Waals surface area contributed by atoms with Crippen molar-refractivity contribution in [2.75, 3.05) is 169 Å². The minimum Gasteiger partial charge on any atom is -0.497 e. The van der Waals surface area contributed by atoms with Crippen LogP contribution in [0.1, 0.15) is 89.5 Å². The highest BCUT2D eigenvalue weighted by atomic mass is 28.4. The van der Waals surface area contributed by atoms with Crippen molar-refractivity contribution >= 4 is 86.3 Å². The lowest BCUT2D eigenvalue weighted by molar-refractivity contribution is -0.140. The standard InChI is InChI=1S/C60H101F2N11O17Si2/c1-57(2,3)91(61,58(4,5)6)45-34-65-47(32-43(45)85-13)68-51(76)40-89-29-27-87-25-15-63-49(74)31-42(67-50(75)36-70-17-19-71(37-53(78)79)21-23-73(39-55(82)83)24-22-72(20-18-70)38-54(80)81)56(84)64-16-26-88-28-30-90-41-52(77)69-48-33-44(86-14)46(35-66-48)92(62,59(7,8)9)60(10,11)12/h32-35,42H,15-31,36-41H2,1-14H3,(H,63,74)(H,64,84)(H,67,75)(H,78,79)(H,80,81)(H,82,83)(H,65,68,76)(H,66,69,77)/t42-/m0/s1. The summed E-state index contributed by atoms with van der Waals surface area (Å²) in [6.07, 6.45) is 2.32. The van der Waals surface area contributed by atoms with E-state index in [1.165, 1.54) is 38.7 Å². The first-order valence-electron chi connectivity index (χ1n) is 30.6. The molecule has 3 rings (SSSR count). The SMILES string of the molecule is COc1cc(NC(=O)COCCOCCNC(=O)C[C@H](NC(=O)CN2CCN(CC(=O)O)CCN(CC(=O)O)CCN(CC(=O)O)CC2)C(=O)NCCOCCOCC(=O)Nc2cc(OC)c([Si](F)(C(C)(C)C)C(C)(C)C)cn2)ncc1[Si](F)(C(C)(C)C)C(C)(C)C. The lowest BCUT2D eigenvalue weighted by Crippen LogP contribution is -2.58. The molecule has 0 saturated carbocycles. The van der Waals surface area contributed by atoms with Gasteiger partial charge in [0.15, 0.2) is 0 Å². The number of pyridine rings is 2. The Kier molecular flexibility index (Phi) is 32.0. The average molecular weight is 1340 g/mol. The van der Waals surface area contributed by atoms with Gasteiger partial charge in [-0.25, -0.2) is 9.97 Å². The van der Waals surface area contributed by atoms with E-state index >= 15 is 8.22 Å². The minimum absolute atomic E-state index is 0.00161. The molecule has 1 atom stereocenters. The number of nitrogens with zero attached hydrogens (tertiary/aromatic N) is 6. The Morgan fingerprint density at radius 1 is 0.489 bits per heavy atom. The third kappa shape index (κ3) is 25.5. The van der Waals surface area contributed by atoms with Crippen molar-refractivity contribution in [3.05, 3.63) is 24.5 Å². The second kappa shape index (κ2) is 36.9. The van der Waals surface area contributed by atoms with Gasteiger partial charge in [-0.15, -0.1) is 0 Å². The molecule has 2 aromatic heterocycles. The molecule has 1 aliphatic heterocycles. The first-order chi connectivity index (χ1) is 42.9. The van der Waals surface area contributed by atoms with E-state index in [-0.39, 0.29) is 168 Å². The quantitative estimate of drug-likeness (QED) is 0.0283. The molecule has 0 aliphatic carbocycles. The highest BCUT2D eigenvalue weighted by Crippen LogP contribution is 2.53. The van der Waals surface area contributed by atoms with Gasteiger partial charge in [0.05, 0.1) is 86.5 Å². The Balaban J connectivity index is 1.61. The van der Waals surface area contributed by atoms with Crippen LogP contribution < -0.4 is 46.4 Å². The van der Waals surface area contributed by atoms with Gasteiger partial charge in [0, 0.05) is 100 Å². The molecular weight excluding hydrogens is 1240 g/mol. The highest BCUT2D eigenvalue weighted by molar-refractivity contribution is 6.92. The predicted molar refractivity (Wildman–Crippen MR) is 345 cm³/mol. The van der Waals surface area contributed by atoms with Crippen LogP contribution in [0.2, 0.25) is 20.2 Å². The zero-order valence-corrected chi connectivity index (χ0v) is 58.1. The van der Waals surface area contributed by atoms with Crippen LogP contribution in [0.5, 0.6) is 11.5 Å². The van der Waals surface area contributed by atoms with E-state index in [1.54, 1.807) is 19.6 Å². The molecule has 92 heavy (non-hydrogen) atoms. The van der Waals surface area contributed by atoms with Gasteiger partial charge in [0.2, 0.25) is 17.7 Å². The van der Waals surface area contributed by atoms with Gasteiger partial charge in [-0.3, -0.25) is 58.0 Å². The van der Waals surface area contributed by atoms with E-state index in [2.05, 4.69) is 36.6 Å². The zero-order chi connectivity index (χ0) is 69.3. The Hall–Kier alpha value is -6.37. The Labute approximate surface area is 541 Å². The maximum absolute atomic E-state index is 17.1. The van der Waals surface area contributed by atoms with Crippen molar-refractivity contribution < 1.29 is 90.3 Å². The summed E-state index contributed by atoms with van der Waals surface area (Å²) in [4.78, 5) is 117. The molecule has 8 N–H and O–H groups in total. The number of methoxy groups -OCH3 is 2. The largest absolute Gasteiger partial charge is 0.497 e. The molecule has 0 bridgehead atoms. The molecule has 2 aromatic rings. The predicted octanol–water partition coefficient (Wildman–Crippen LogP) is 2.16. The number of aromatic nitrogens is 2. The van der Waals surface area contributed by atoms with Crippen LogP contribution in [0, 0.1) is 0 Å². The van der Waals surface area contributed by atoms with Crippen LogP contribution in [-0.2, 0) is 57.3 Å². The fourth-order valence-corrected chi connectivity index (χ4v) is 20.4. The summed E-state index contributed by atoms with van der Waals surface area (Å²) in [6, 6.07) is 1.54. The number of aliphatic carboxylic acids is 3. The summed E-state index contributed by atoms with van der Waals surface area (Å²) in [7, 11) is -4.61. The maximum Gasteiger partial charge on any atom is 0.317 e. The summed E-state index contributed by atoms with van der Waals surface area (Å²) in [5.74, 6) is -5.63. The number of carboxylic acids is 3. The fraction of sp³-hybridized carbons (Fsp3) is 0.700. The van der Waals surface area contributed by atoms with Crippen LogP contribution in [0.4, 0.5) is 19.9 Å². The number of carbonyl (C=O) groups is 8. The van der Waals surface area contributed by atoms with Crippen LogP contribution in [0.3, 0.4) is 0 Å². The molecule has 32 heteroatoms. The maximum atomic E-state index is 17.1. The van der Waals surface area contributed by atoms with E-state index < -0.39 is 96.9 Å². The third-order valence-corrected chi connectivity index (χ3v) is 25.8. The molecule has 28 nitrogen and oxygen atoms in total. The van der Waals surface area contributed by atoms with Gasteiger partial charge < -0.3 is 78.5 Å². The number of anilines is 2. The topological polar surface area (TPSA) is 352 Å². The molecule has 0 spiro atoms. The van der Waals surface area contributed by atoms with Crippen LogP contribution in [0.25, 0.3) is 0 Å². The number of carbonyl (C=O) groups excluding carboxylic acids is 5. The Morgan fingerprint density at radius 3 is 1.14 bits per heavy atom. The number of rotatable bonds is 34. The van der Waals surface area contributed by atoms with Crippen LogP contribution in [0.15, 0.2) is 24.5 Å². The number of carboxylic acid groups (broad SMARTS) is 3. The van der Waals surface area contributed by atoms with Crippen molar-refractivity contribution in [3.8, 4) is 11.5 Å². The smallest absolute Gasteiger partial charge is 0.317 e. The van der Waals surface area contributed by atoms with E-state index in [9.17, 15) is 53.7 Å². The molecule has 3 heterocycles. The van der Waals surface area contributed by atoms with Crippen molar-refractivity contribution in [2.45, 2.75) is 116 Å². The van der Waals surface area contributed by atoms with E-state index in [0.29, 0.717) is 10.4 Å². The van der Waals surface area contributed by atoms with Crippen molar-refractivity contribution in [1.29, 1.82) is 0 Å². The van der Waals surface area contributed by atoms with Gasteiger partial charge >= 0.3 is 17.9 Å². The number of amides is 5. The summed E-state index contributed by atoms with van der Waals surface area (Å²) in [5.41, 5.74) is 0. The number of hydrogen-bond donors (Lipinski definition) is 8. The molecular formula is C60H101F2N11O17Si2. The monoisotopic (exact) mass is 1340 g/mol. The first kappa shape index (κ1) is 79.9. The van der Waals surface area contributed by atoms with Crippen LogP contribution >= 0.6 is 0 Å². The highest BCUT2D eigenvalue weighted by Gasteiger charge is 2.59. The van der Waals surface area contributed by atoms with Gasteiger partial charge in [-0.1, -0.05) is 83.1 Å². The molecule has 0 radical (unpaired) electrons. The first-order valence-corrected chi connectivity index (χ1v) is 34.4. The van der Waals surface area contributed by atoms with Gasteiger partial charge in [0.25, 0.3) is 28.6 Å². The molecule has 0 unspecified atom stereocenters. The van der Waals surface area contributed by atoms with Gasteiger partial charge in [0.1, 0.15) is 42.4 Å². The Morgan fingerprint density at radius 2 is 0.815 bits per heavy atom. The lowest BCUT2D eigenvalue weighted by atomic mass is 10.1. The van der Waals surface area contributed by atoms with Gasteiger partial charge in [-0.05, 0) is 20.2 Å². The molecule has 1 fully saturated rings. The summed E-state index contributed by atoms with van der Waals surface area (Å²) >= 11 is 0. The number of hydrogen-bond acceptors (Lipinski definition) is 20. The summed E-state index contributed by atoms with van der Waals surface area (Å²) in [6.45, 7) is 21.1. The Bertz CT molecular complexity index is 2710. The second-order valence-corrected chi connectivity index (χ2v) is 36.2. The third-order valence-electron chi connectivity index (χ3n) is 15.3. The zero-order valence-electron chi connectivity index (χ0n) is 56.1. The van der Waals surface area contributed by atoms with Crippen LogP contribution in [-0.4, -0.2) is 274 Å². The molecule has 1 saturated heterocycles. The number of halogens is 2. The number of ether oxygens (including phenoxy) is 6. The lowest BCUT2D eigenvalue weighted by Gasteiger charge is -2.45. The van der Waals surface area contributed by atoms with E-state index in [4.69, 9.17) is 28.4 Å².